The molecule has 0 radical (unpaired) electrons. The third kappa shape index (κ3) is 4.70. The number of nitrogens with two attached hydrogens (primary N) is 1. The van der Waals surface area contributed by atoms with E-state index in [4.69, 9.17) is 5.73 Å². The van der Waals surface area contributed by atoms with Crippen molar-refractivity contribution >= 4 is 40.1 Å². The van der Waals surface area contributed by atoms with Crippen LogP contribution in [0.3, 0.4) is 0 Å². The summed E-state index contributed by atoms with van der Waals surface area (Å²) in [6.45, 7) is 3.24. The van der Waals surface area contributed by atoms with Gasteiger partial charge in [0.15, 0.2) is 5.69 Å². The van der Waals surface area contributed by atoms with Crippen LogP contribution in [0.25, 0.3) is 11.0 Å². The lowest BCUT2D eigenvalue weighted by Gasteiger charge is -2.23. The van der Waals surface area contributed by atoms with Crippen LogP contribution in [0.2, 0.25) is 0 Å². The topological polar surface area (TPSA) is 95.4 Å². The van der Waals surface area contributed by atoms with E-state index in [9.17, 15) is 35.9 Å². The van der Waals surface area contributed by atoms with Gasteiger partial charge in [0.1, 0.15) is 12.8 Å². The van der Waals surface area contributed by atoms with Crippen molar-refractivity contribution in [3.63, 3.8) is 0 Å². The van der Waals surface area contributed by atoms with Gasteiger partial charge in [0.2, 0.25) is 5.82 Å². The van der Waals surface area contributed by atoms with Crippen molar-refractivity contribution in [3.8, 4) is 0 Å². The second-order valence-electron chi connectivity index (χ2n) is 7.43. The molecule has 0 aliphatic rings. The van der Waals surface area contributed by atoms with Crippen LogP contribution in [-0.4, -0.2) is 40.1 Å². The van der Waals surface area contributed by atoms with Crippen molar-refractivity contribution in [2.45, 2.75) is 37.6 Å². The van der Waals surface area contributed by atoms with E-state index in [2.05, 4.69) is 9.82 Å². The maximum atomic E-state index is 13.5. The standard InChI is InChI=1S/C21H21F6N5O3S/c1-5-31-13-9-14(36-6-2)10(7-12(13)29-19(31)21(25,26)27)17(33)30(3)16-11(28)8-15(20(22,23)24)32(35-4)18(16)34/h7-9H,5-6,28H2,1-4H3. The number of carbonyl (C=O) groups is 1. The highest BCUT2D eigenvalue weighted by molar-refractivity contribution is 7.99. The number of aryl methyl sites for hydroxylation is 1. The predicted octanol–water partition coefficient (Wildman–Crippen LogP) is 4.28. The van der Waals surface area contributed by atoms with Crippen LogP contribution in [0.5, 0.6) is 0 Å². The van der Waals surface area contributed by atoms with Gasteiger partial charge in [-0.15, -0.1) is 16.5 Å². The first kappa shape index (κ1) is 27.2. The second kappa shape index (κ2) is 9.59. The Morgan fingerprint density at radius 2 is 1.78 bits per heavy atom. The monoisotopic (exact) mass is 537 g/mol. The first-order valence-corrected chi connectivity index (χ1v) is 11.3. The van der Waals surface area contributed by atoms with Gasteiger partial charge in [0.25, 0.3) is 5.91 Å². The molecule has 1 aromatic carbocycles. The summed E-state index contributed by atoms with van der Waals surface area (Å²) in [5.41, 5.74) is 1.59. The SMILES string of the molecule is CCSc1cc2c(cc1C(=O)N(C)c1c(N)cc(C(F)(F)F)n(OC)c1=O)nc(C(F)(F)F)n2CC. The molecule has 0 bridgehead atoms. The van der Waals surface area contributed by atoms with E-state index < -0.39 is 46.7 Å². The summed E-state index contributed by atoms with van der Waals surface area (Å²) in [6.07, 6.45) is -9.72. The molecule has 36 heavy (non-hydrogen) atoms. The summed E-state index contributed by atoms with van der Waals surface area (Å²) >= 11 is 1.16. The molecular formula is C21H21F6N5O3S. The van der Waals surface area contributed by atoms with E-state index in [0.29, 0.717) is 16.7 Å². The molecule has 0 spiro atoms. The molecule has 1 amide bonds. The first-order chi connectivity index (χ1) is 16.7. The summed E-state index contributed by atoms with van der Waals surface area (Å²) in [4.78, 5) is 35.5. The maximum Gasteiger partial charge on any atom is 0.449 e. The van der Waals surface area contributed by atoms with Crippen molar-refractivity contribution in [1.82, 2.24) is 14.3 Å². The number of benzene rings is 1. The predicted molar refractivity (Wildman–Crippen MR) is 122 cm³/mol. The fraction of sp³-hybridized carbons (Fsp3) is 0.381. The number of pyridine rings is 1. The minimum absolute atomic E-state index is 0.0343. The van der Waals surface area contributed by atoms with E-state index in [1.807, 2.05) is 0 Å². The van der Waals surface area contributed by atoms with Crippen LogP contribution in [-0.2, 0) is 18.9 Å². The largest absolute Gasteiger partial charge is 0.449 e. The Hall–Kier alpha value is -3.36. The number of thioether (sulfide) groups is 1. The van der Waals surface area contributed by atoms with Crippen molar-refractivity contribution in [1.29, 1.82) is 0 Å². The zero-order valence-electron chi connectivity index (χ0n) is 19.4. The highest BCUT2D eigenvalue weighted by Gasteiger charge is 2.39. The van der Waals surface area contributed by atoms with Crippen LogP contribution in [0.15, 0.2) is 27.9 Å². The Kier molecular flexibility index (Phi) is 7.26. The Bertz CT molecular complexity index is 1380. The molecular weight excluding hydrogens is 516 g/mol. The Labute approximate surface area is 204 Å². The number of nitrogens with zero attached hydrogens (tertiary/aromatic N) is 4. The first-order valence-electron chi connectivity index (χ1n) is 10.4. The van der Waals surface area contributed by atoms with Gasteiger partial charge in [-0.1, -0.05) is 6.92 Å². The molecule has 0 aliphatic carbocycles. The Morgan fingerprint density at radius 3 is 2.28 bits per heavy atom. The smallest absolute Gasteiger partial charge is 0.413 e. The van der Waals surface area contributed by atoms with Crippen LogP contribution >= 0.6 is 11.8 Å². The number of amides is 1. The summed E-state index contributed by atoms with van der Waals surface area (Å²) in [6, 6.07) is 3.00. The number of aromatic nitrogens is 3. The molecule has 0 aliphatic heterocycles. The normalized spacial score (nSPS) is 12.3. The molecule has 3 aromatic rings. The molecule has 196 valence electrons. The lowest BCUT2D eigenvalue weighted by atomic mass is 10.1. The van der Waals surface area contributed by atoms with Crippen LogP contribution in [0.4, 0.5) is 37.7 Å². The van der Waals surface area contributed by atoms with E-state index in [1.165, 1.54) is 13.0 Å². The number of halogens is 6. The van der Waals surface area contributed by atoms with Gasteiger partial charge in [-0.25, -0.2) is 4.98 Å². The molecule has 0 saturated heterocycles. The molecule has 2 aromatic heterocycles. The fourth-order valence-electron chi connectivity index (χ4n) is 3.73. The number of hydrogen-bond acceptors (Lipinski definition) is 6. The zero-order chi connectivity index (χ0) is 27.2. The minimum Gasteiger partial charge on any atom is -0.413 e. The average Bonchev–Trinajstić information content (AvgIpc) is 3.15. The molecule has 0 unspecified atom stereocenters. The van der Waals surface area contributed by atoms with Crippen LogP contribution < -0.4 is 21.0 Å². The minimum atomic E-state index is -4.98. The van der Waals surface area contributed by atoms with Gasteiger partial charge in [-0.3, -0.25) is 9.59 Å². The van der Waals surface area contributed by atoms with Crippen LogP contribution in [0, 0.1) is 0 Å². The van der Waals surface area contributed by atoms with Gasteiger partial charge < -0.3 is 20.0 Å². The van der Waals surface area contributed by atoms with Gasteiger partial charge in [-0.05, 0) is 30.9 Å². The van der Waals surface area contributed by atoms with Crippen molar-refractivity contribution in [3.05, 3.63) is 45.6 Å². The number of fused-ring (bicyclic) bond motifs is 1. The van der Waals surface area contributed by atoms with Crippen molar-refractivity contribution in [2.75, 3.05) is 30.5 Å². The number of nitrogen functional groups attached to an aromatic ring is 1. The number of carbonyl (C=O) groups excluding carboxylic acids is 1. The van der Waals surface area contributed by atoms with Crippen LogP contribution in [0.1, 0.15) is 35.7 Å². The molecule has 0 fully saturated rings. The number of alkyl halides is 6. The van der Waals surface area contributed by atoms with Gasteiger partial charge in [0.05, 0.1) is 22.3 Å². The van der Waals surface area contributed by atoms with E-state index in [0.717, 1.165) is 41.5 Å². The molecule has 2 N–H and O–H groups in total. The summed E-state index contributed by atoms with van der Waals surface area (Å²) < 4.78 is 81.4. The summed E-state index contributed by atoms with van der Waals surface area (Å²) in [7, 11) is 1.95. The van der Waals surface area contributed by atoms with E-state index in [-0.39, 0.29) is 27.9 Å². The highest BCUT2D eigenvalue weighted by atomic mass is 32.2. The number of anilines is 2. The molecule has 0 atom stereocenters. The molecule has 8 nitrogen and oxygen atoms in total. The Balaban J connectivity index is 2.22. The average molecular weight is 537 g/mol. The third-order valence-corrected chi connectivity index (χ3v) is 6.17. The fourth-order valence-corrected chi connectivity index (χ4v) is 4.54. The second-order valence-corrected chi connectivity index (χ2v) is 8.73. The molecule has 3 rings (SSSR count). The van der Waals surface area contributed by atoms with Crippen molar-refractivity contribution in [2.24, 2.45) is 0 Å². The molecule has 0 saturated carbocycles. The van der Waals surface area contributed by atoms with Gasteiger partial charge >= 0.3 is 17.9 Å². The van der Waals surface area contributed by atoms with E-state index >= 15 is 0 Å². The lowest BCUT2D eigenvalue weighted by Crippen LogP contribution is -2.39. The number of hydrogen-bond donors (Lipinski definition) is 1. The highest BCUT2D eigenvalue weighted by Crippen LogP contribution is 2.36. The lowest BCUT2D eigenvalue weighted by molar-refractivity contribution is -0.151. The summed E-state index contributed by atoms with van der Waals surface area (Å²) in [5, 5.41) is 0. The third-order valence-electron chi connectivity index (χ3n) is 5.23. The molecule has 15 heteroatoms. The van der Waals surface area contributed by atoms with Crippen molar-refractivity contribution < 1.29 is 36.0 Å². The number of rotatable bonds is 6. The molecule has 2 heterocycles. The van der Waals surface area contributed by atoms with Gasteiger partial charge in [-0.2, -0.15) is 26.3 Å². The van der Waals surface area contributed by atoms with E-state index in [1.54, 1.807) is 6.92 Å². The quantitative estimate of drug-likeness (QED) is 0.373. The van der Waals surface area contributed by atoms with Gasteiger partial charge in [0, 0.05) is 18.5 Å². The Morgan fingerprint density at radius 1 is 1.14 bits per heavy atom. The number of imidazole rings is 1. The summed E-state index contributed by atoms with van der Waals surface area (Å²) in [5.74, 6) is -1.58. The zero-order valence-corrected chi connectivity index (χ0v) is 20.2. The maximum absolute atomic E-state index is 13.5.